The number of aromatic nitrogens is 1. The SMILES string of the molecule is O=S(=O)(Nc1cccc(CNCCCCc2noc3cc(F)ccc23)c1)c1ccc(OC(F)(F)F)cc1. The van der Waals surface area contributed by atoms with E-state index in [9.17, 15) is 26.0 Å². The highest BCUT2D eigenvalue weighted by Gasteiger charge is 2.31. The van der Waals surface area contributed by atoms with Crippen LogP contribution in [0, 0.1) is 5.82 Å². The van der Waals surface area contributed by atoms with Gasteiger partial charge in [0, 0.05) is 23.7 Å². The Kier molecular flexibility index (Phi) is 7.98. The zero-order chi connectivity index (χ0) is 26.5. The minimum atomic E-state index is -4.86. The molecule has 0 fully saturated rings. The Morgan fingerprint density at radius 1 is 0.973 bits per heavy atom. The number of unbranched alkanes of at least 4 members (excludes halogenated alkanes) is 1. The van der Waals surface area contributed by atoms with Gasteiger partial charge in [0.2, 0.25) is 0 Å². The Morgan fingerprint density at radius 2 is 1.76 bits per heavy atom. The number of rotatable bonds is 11. The van der Waals surface area contributed by atoms with Crippen LogP contribution in [0.2, 0.25) is 0 Å². The van der Waals surface area contributed by atoms with Crippen LogP contribution in [0.3, 0.4) is 0 Å². The van der Waals surface area contributed by atoms with Crippen molar-refractivity contribution in [1.29, 1.82) is 0 Å². The smallest absolute Gasteiger partial charge is 0.406 e. The summed E-state index contributed by atoms with van der Waals surface area (Å²) in [5.74, 6) is -0.880. The monoisotopic (exact) mass is 537 g/mol. The van der Waals surface area contributed by atoms with Crippen LogP contribution in [0.25, 0.3) is 11.0 Å². The standard InChI is InChI=1S/C25H23F4N3O4S/c26-18-7-12-22-23(31-36-24(22)15-18)6-1-2-13-30-16-17-4-3-5-19(14-17)32-37(33,34)21-10-8-20(9-11-21)35-25(27,28)29/h3-5,7-12,14-15,30,32H,1-2,6,13,16H2. The van der Waals surface area contributed by atoms with Gasteiger partial charge >= 0.3 is 6.36 Å². The van der Waals surface area contributed by atoms with Gasteiger partial charge in [0.25, 0.3) is 10.0 Å². The van der Waals surface area contributed by atoms with Crippen molar-refractivity contribution in [3.8, 4) is 5.75 Å². The predicted octanol–water partition coefficient (Wildman–Crippen LogP) is 5.78. The lowest BCUT2D eigenvalue weighted by Gasteiger charge is -2.12. The molecule has 0 aliphatic rings. The molecule has 0 radical (unpaired) electrons. The van der Waals surface area contributed by atoms with Crippen molar-refractivity contribution in [3.05, 3.63) is 83.8 Å². The highest BCUT2D eigenvalue weighted by molar-refractivity contribution is 7.92. The van der Waals surface area contributed by atoms with Crippen molar-refractivity contribution < 1.29 is 35.2 Å². The van der Waals surface area contributed by atoms with Crippen LogP contribution in [0.15, 0.2) is 76.1 Å². The summed E-state index contributed by atoms with van der Waals surface area (Å²) in [7, 11) is -4.00. The third-order valence-corrected chi connectivity index (χ3v) is 6.80. The molecule has 0 amide bonds. The molecule has 0 saturated carbocycles. The van der Waals surface area contributed by atoms with Crippen molar-refractivity contribution in [1.82, 2.24) is 10.5 Å². The van der Waals surface area contributed by atoms with Gasteiger partial charge in [0.1, 0.15) is 11.6 Å². The van der Waals surface area contributed by atoms with E-state index in [0.29, 0.717) is 30.8 Å². The average Bonchev–Trinajstić information content (AvgIpc) is 3.22. The zero-order valence-electron chi connectivity index (χ0n) is 19.4. The highest BCUT2D eigenvalue weighted by Crippen LogP contribution is 2.25. The topological polar surface area (TPSA) is 93.5 Å². The lowest BCUT2D eigenvalue weighted by Crippen LogP contribution is -2.17. The molecule has 0 saturated heterocycles. The first-order valence-electron chi connectivity index (χ1n) is 11.3. The number of hydrogen-bond donors (Lipinski definition) is 2. The molecule has 0 aliphatic heterocycles. The summed E-state index contributed by atoms with van der Waals surface area (Å²) in [5.41, 5.74) is 2.39. The predicted molar refractivity (Wildman–Crippen MR) is 129 cm³/mol. The molecule has 2 N–H and O–H groups in total. The molecule has 1 aromatic heterocycles. The number of ether oxygens (including phenoxy) is 1. The summed E-state index contributed by atoms with van der Waals surface area (Å²) in [6.45, 7) is 1.22. The number of anilines is 1. The Hall–Kier alpha value is -3.64. The number of fused-ring (bicyclic) bond motifs is 1. The molecule has 0 bridgehead atoms. The van der Waals surface area contributed by atoms with Gasteiger partial charge in [0.15, 0.2) is 5.58 Å². The van der Waals surface area contributed by atoms with Crippen LogP contribution in [-0.2, 0) is 23.0 Å². The molecule has 0 unspecified atom stereocenters. The Labute approximate surface area is 210 Å². The molecule has 12 heteroatoms. The largest absolute Gasteiger partial charge is 0.573 e. The molecule has 0 spiro atoms. The summed E-state index contributed by atoms with van der Waals surface area (Å²) in [5, 5.41) is 8.11. The Bertz CT molecular complexity index is 1460. The van der Waals surface area contributed by atoms with Gasteiger partial charge in [-0.05, 0) is 79.9 Å². The third kappa shape index (κ3) is 7.43. The maximum atomic E-state index is 13.3. The van der Waals surface area contributed by atoms with Gasteiger partial charge in [-0.25, -0.2) is 12.8 Å². The van der Waals surface area contributed by atoms with Crippen LogP contribution in [-0.4, -0.2) is 26.5 Å². The van der Waals surface area contributed by atoms with Gasteiger partial charge in [-0.3, -0.25) is 4.72 Å². The first-order valence-corrected chi connectivity index (χ1v) is 12.8. The number of sulfonamides is 1. The summed E-state index contributed by atoms with van der Waals surface area (Å²) in [6, 6.07) is 15.1. The van der Waals surface area contributed by atoms with E-state index in [4.69, 9.17) is 4.52 Å². The lowest BCUT2D eigenvalue weighted by molar-refractivity contribution is -0.274. The third-order valence-electron chi connectivity index (χ3n) is 5.40. The van der Waals surface area contributed by atoms with Crippen LogP contribution in [0.5, 0.6) is 5.75 Å². The number of benzene rings is 3. The van der Waals surface area contributed by atoms with E-state index >= 15 is 0 Å². The second-order valence-corrected chi connectivity index (χ2v) is 9.91. The Morgan fingerprint density at radius 3 is 2.51 bits per heavy atom. The number of hydrogen-bond acceptors (Lipinski definition) is 6. The van der Waals surface area contributed by atoms with Crippen LogP contribution in [0.1, 0.15) is 24.1 Å². The zero-order valence-corrected chi connectivity index (χ0v) is 20.2. The molecule has 0 atom stereocenters. The maximum absolute atomic E-state index is 13.3. The second kappa shape index (κ2) is 11.2. The van der Waals surface area contributed by atoms with Gasteiger partial charge in [0.05, 0.1) is 10.6 Å². The summed E-state index contributed by atoms with van der Waals surface area (Å²) >= 11 is 0. The van der Waals surface area contributed by atoms with E-state index in [2.05, 4.69) is 19.9 Å². The van der Waals surface area contributed by atoms with Gasteiger partial charge in [-0.1, -0.05) is 17.3 Å². The number of aryl methyl sites for hydroxylation is 1. The van der Waals surface area contributed by atoms with E-state index in [1.807, 2.05) is 6.07 Å². The Balaban J connectivity index is 1.24. The first-order chi connectivity index (χ1) is 17.6. The molecule has 196 valence electrons. The van der Waals surface area contributed by atoms with E-state index in [1.54, 1.807) is 24.3 Å². The fourth-order valence-electron chi connectivity index (χ4n) is 3.70. The molecule has 0 aliphatic carbocycles. The number of halogens is 4. The van der Waals surface area contributed by atoms with Crippen molar-refractivity contribution in [2.75, 3.05) is 11.3 Å². The van der Waals surface area contributed by atoms with Crippen LogP contribution >= 0.6 is 0 Å². The number of alkyl halides is 3. The van der Waals surface area contributed by atoms with Gasteiger partial charge in [-0.2, -0.15) is 0 Å². The number of nitrogens with zero attached hydrogens (tertiary/aromatic N) is 1. The molecular formula is C25H23F4N3O4S. The summed E-state index contributed by atoms with van der Waals surface area (Å²) in [4.78, 5) is -0.199. The van der Waals surface area contributed by atoms with Crippen molar-refractivity contribution in [2.24, 2.45) is 0 Å². The summed E-state index contributed by atoms with van der Waals surface area (Å²) < 4.78 is 86.7. The summed E-state index contributed by atoms with van der Waals surface area (Å²) in [6.07, 6.45) is -2.46. The molecular weight excluding hydrogens is 514 g/mol. The minimum absolute atomic E-state index is 0.199. The highest BCUT2D eigenvalue weighted by atomic mass is 32.2. The van der Waals surface area contributed by atoms with Crippen LogP contribution in [0.4, 0.5) is 23.2 Å². The second-order valence-electron chi connectivity index (χ2n) is 8.23. The quantitative estimate of drug-likeness (QED) is 0.186. The van der Waals surface area contributed by atoms with Gasteiger partial charge in [-0.15, -0.1) is 13.2 Å². The molecule has 4 aromatic rings. The molecule has 37 heavy (non-hydrogen) atoms. The molecule has 4 rings (SSSR count). The number of nitrogens with one attached hydrogen (secondary N) is 2. The van der Waals surface area contributed by atoms with E-state index in [-0.39, 0.29) is 10.7 Å². The normalized spacial score (nSPS) is 12.1. The van der Waals surface area contributed by atoms with Crippen molar-refractivity contribution in [2.45, 2.75) is 37.1 Å². The maximum Gasteiger partial charge on any atom is 0.573 e. The van der Waals surface area contributed by atoms with E-state index in [1.165, 1.54) is 12.1 Å². The van der Waals surface area contributed by atoms with E-state index in [0.717, 1.165) is 53.8 Å². The fourth-order valence-corrected chi connectivity index (χ4v) is 4.75. The average molecular weight is 538 g/mol. The van der Waals surface area contributed by atoms with Crippen molar-refractivity contribution >= 4 is 26.7 Å². The van der Waals surface area contributed by atoms with Gasteiger partial charge < -0.3 is 14.6 Å². The van der Waals surface area contributed by atoms with E-state index < -0.39 is 22.1 Å². The molecule has 3 aromatic carbocycles. The molecule has 7 nitrogen and oxygen atoms in total. The fraction of sp³-hybridized carbons (Fsp3) is 0.240. The molecule has 1 heterocycles. The lowest BCUT2D eigenvalue weighted by atomic mass is 10.1. The minimum Gasteiger partial charge on any atom is -0.406 e. The van der Waals surface area contributed by atoms with Crippen molar-refractivity contribution in [3.63, 3.8) is 0 Å². The van der Waals surface area contributed by atoms with Crippen LogP contribution < -0.4 is 14.8 Å². The first kappa shape index (κ1) is 26.4.